The fourth-order valence-corrected chi connectivity index (χ4v) is 2.36. The van der Waals surface area contributed by atoms with Crippen molar-refractivity contribution in [3.05, 3.63) is 65.2 Å². The van der Waals surface area contributed by atoms with Gasteiger partial charge in [-0.2, -0.15) is 0 Å². The van der Waals surface area contributed by atoms with Crippen LogP contribution in [-0.4, -0.2) is 22.6 Å². The summed E-state index contributed by atoms with van der Waals surface area (Å²) in [5, 5.41) is 19.6. The summed E-state index contributed by atoms with van der Waals surface area (Å²) in [6.07, 6.45) is 2.67. The van der Waals surface area contributed by atoms with Crippen LogP contribution in [0.1, 0.15) is 36.2 Å². The van der Waals surface area contributed by atoms with E-state index in [0.717, 1.165) is 5.57 Å². The Balaban J connectivity index is 0.000000292. The summed E-state index contributed by atoms with van der Waals surface area (Å²) in [7, 11) is 0. The van der Waals surface area contributed by atoms with Gasteiger partial charge in [0.2, 0.25) is 0 Å². The van der Waals surface area contributed by atoms with Crippen LogP contribution in [-0.2, 0) is 6.42 Å². The van der Waals surface area contributed by atoms with E-state index >= 15 is 0 Å². The molecule has 4 nitrogen and oxygen atoms in total. The fourth-order valence-electron chi connectivity index (χ4n) is 2.36. The Kier molecular flexibility index (Phi) is 6.01. The SMILES string of the molecule is CC(C)=CCc1c(O)cc(O)c2c1OCCC2=O.c1ccccc1. The maximum atomic E-state index is 11.8. The molecule has 2 aromatic carbocycles. The van der Waals surface area contributed by atoms with Crippen molar-refractivity contribution in [3.8, 4) is 17.2 Å². The van der Waals surface area contributed by atoms with Crippen LogP contribution < -0.4 is 4.74 Å². The molecule has 0 saturated heterocycles. The molecule has 3 rings (SSSR count). The first kappa shape index (κ1) is 17.6. The van der Waals surface area contributed by atoms with Gasteiger partial charge >= 0.3 is 0 Å². The Morgan fingerprint density at radius 3 is 2.21 bits per heavy atom. The molecule has 0 spiro atoms. The van der Waals surface area contributed by atoms with Crippen LogP contribution in [0.15, 0.2) is 54.1 Å². The molecule has 0 amide bonds. The van der Waals surface area contributed by atoms with Crippen LogP contribution in [0.2, 0.25) is 0 Å². The average Bonchev–Trinajstić information content (AvgIpc) is 2.56. The third kappa shape index (κ3) is 4.38. The van der Waals surface area contributed by atoms with Crippen molar-refractivity contribution in [2.24, 2.45) is 0 Å². The Morgan fingerprint density at radius 2 is 1.67 bits per heavy atom. The number of phenolic OH excluding ortho intramolecular Hbond substituents is 2. The number of carbonyl (C=O) groups is 1. The van der Waals surface area contributed by atoms with Crippen LogP contribution >= 0.6 is 0 Å². The smallest absolute Gasteiger partial charge is 0.173 e. The van der Waals surface area contributed by atoms with Gasteiger partial charge in [-0.25, -0.2) is 0 Å². The second-order valence-corrected chi connectivity index (χ2v) is 5.76. The van der Waals surface area contributed by atoms with Gasteiger partial charge in [0.1, 0.15) is 22.8 Å². The summed E-state index contributed by atoms with van der Waals surface area (Å²) < 4.78 is 5.45. The first-order valence-electron chi connectivity index (χ1n) is 7.88. The lowest BCUT2D eigenvalue weighted by Crippen LogP contribution is -2.17. The van der Waals surface area contributed by atoms with Crippen LogP contribution in [0.4, 0.5) is 0 Å². The molecule has 0 bridgehead atoms. The lowest BCUT2D eigenvalue weighted by Gasteiger charge is -2.21. The zero-order valence-electron chi connectivity index (χ0n) is 14.0. The molecule has 2 aromatic rings. The molecule has 24 heavy (non-hydrogen) atoms. The van der Waals surface area contributed by atoms with E-state index in [2.05, 4.69) is 0 Å². The summed E-state index contributed by atoms with van der Waals surface area (Å²) in [6.45, 7) is 4.20. The highest BCUT2D eigenvalue weighted by Gasteiger charge is 2.27. The second-order valence-electron chi connectivity index (χ2n) is 5.76. The van der Waals surface area contributed by atoms with Gasteiger partial charge in [-0.1, -0.05) is 48.0 Å². The molecule has 1 heterocycles. The maximum absolute atomic E-state index is 11.8. The van der Waals surface area contributed by atoms with Gasteiger partial charge in [0.25, 0.3) is 0 Å². The predicted molar refractivity (Wildman–Crippen MR) is 93.8 cm³/mol. The van der Waals surface area contributed by atoms with Gasteiger partial charge in [-0.05, 0) is 20.3 Å². The van der Waals surface area contributed by atoms with Crippen molar-refractivity contribution in [1.29, 1.82) is 0 Å². The van der Waals surface area contributed by atoms with E-state index in [1.165, 1.54) is 6.07 Å². The topological polar surface area (TPSA) is 66.8 Å². The molecule has 1 aliphatic rings. The Hall–Kier alpha value is -2.75. The van der Waals surface area contributed by atoms with Crippen molar-refractivity contribution < 1.29 is 19.7 Å². The highest BCUT2D eigenvalue weighted by Crippen LogP contribution is 2.41. The third-order valence-corrected chi connectivity index (χ3v) is 3.58. The maximum Gasteiger partial charge on any atom is 0.173 e. The number of hydrogen-bond acceptors (Lipinski definition) is 4. The lowest BCUT2D eigenvalue weighted by atomic mass is 9.97. The minimum Gasteiger partial charge on any atom is -0.507 e. The lowest BCUT2D eigenvalue weighted by molar-refractivity contribution is 0.0928. The summed E-state index contributed by atoms with van der Waals surface area (Å²) >= 11 is 0. The van der Waals surface area contributed by atoms with Crippen molar-refractivity contribution in [1.82, 2.24) is 0 Å². The molecule has 0 aromatic heterocycles. The van der Waals surface area contributed by atoms with Crippen molar-refractivity contribution in [2.45, 2.75) is 26.7 Å². The predicted octanol–water partition coefficient (Wildman–Crippen LogP) is 4.26. The molecule has 1 aliphatic heterocycles. The number of phenols is 2. The molecule has 0 saturated carbocycles. The van der Waals surface area contributed by atoms with Gasteiger partial charge in [0.15, 0.2) is 5.78 Å². The standard InChI is InChI=1S/C14H16O4.C6H6/c1-8(2)3-4-9-11(16)7-12(17)13-10(15)5-6-18-14(9)13;1-2-4-6-5-3-1/h3,7,16-17H,4-6H2,1-2H3;1-6H. The van der Waals surface area contributed by atoms with E-state index in [9.17, 15) is 15.0 Å². The van der Waals surface area contributed by atoms with E-state index in [-0.39, 0.29) is 35.9 Å². The summed E-state index contributed by atoms with van der Waals surface area (Å²) in [5.41, 5.74) is 1.85. The van der Waals surface area contributed by atoms with Crippen LogP contribution in [0.3, 0.4) is 0 Å². The number of hydrogen-bond donors (Lipinski definition) is 2. The van der Waals surface area contributed by atoms with E-state index in [1.54, 1.807) is 0 Å². The van der Waals surface area contributed by atoms with Crippen LogP contribution in [0, 0.1) is 0 Å². The van der Waals surface area contributed by atoms with Gasteiger partial charge in [-0.15, -0.1) is 0 Å². The Labute approximate surface area is 142 Å². The van der Waals surface area contributed by atoms with E-state index in [1.807, 2.05) is 56.3 Å². The van der Waals surface area contributed by atoms with Gasteiger partial charge in [-0.3, -0.25) is 4.79 Å². The van der Waals surface area contributed by atoms with Gasteiger partial charge < -0.3 is 14.9 Å². The Morgan fingerprint density at radius 1 is 1.08 bits per heavy atom. The number of fused-ring (bicyclic) bond motifs is 1. The number of ether oxygens (including phenoxy) is 1. The third-order valence-electron chi connectivity index (χ3n) is 3.58. The molecule has 4 heteroatoms. The number of carbonyl (C=O) groups excluding carboxylic acids is 1. The minimum absolute atomic E-state index is 0.0431. The van der Waals surface area contributed by atoms with E-state index in [0.29, 0.717) is 17.7 Å². The number of allylic oxidation sites excluding steroid dienone is 2. The van der Waals surface area contributed by atoms with Gasteiger partial charge in [0.05, 0.1) is 6.61 Å². The normalized spacial score (nSPS) is 12.3. The van der Waals surface area contributed by atoms with Crippen molar-refractivity contribution in [2.75, 3.05) is 6.61 Å². The minimum atomic E-state index is -0.215. The highest BCUT2D eigenvalue weighted by molar-refractivity contribution is 6.03. The average molecular weight is 326 g/mol. The quantitative estimate of drug-likeness (QED) is 0.809. The first-order chi connectivity index (χ1) is 11.5. The highest BCUT2D eigenvalue weighted by atomic mass is 16.5. The zero-order chi connectivity index (χ0) is 17.5. The van der Waals surface area contributed by atoms with E-state index in [4.69, 9.17) is 4.74 Å². The molecule has 0 aliphatic carbocycles. The molecule has 0 atom stereocenters. The molecule has 0 fully saturated rings. The molecule has 2 N–H and O–H groups in total. The summed E-state index contributed by atoms with van der Waals surface area (Å²) in [6, 6.07) is 13.2. The first-order valence-corrected chi connectivity index (χ1v) is 7.88. The number of aromatic hydroxyl groups is 2. The molecular weight excluding hydrogens is 304 g/mol. The van der Waals surface area contributed by atoms with Crippen molar-refractivity contribution in [3.63, 3.8) is 0 Å². The Bertz CT molecular complexity index is 702. The number of benzene rings is 2. The number of Topliss-reactive ketones (excluding diaryl/α,β-unsaturated/α-hetero) is 1. The summed E-state index contributed by atoms with van der Waals surface area (Å²) in [5.74, 6) is -0.0833. The van der Waals surface area contributed by atoms with Crippen molar-refractivity contribution >= 4 is 5.78 Å². The largest absolute Gasteiger partial charge is 0.507 e. The van der Waals surface area contributed by atoms with E-state index < -0.39 is 0 Å². The van der Waals surface area contributed by atoms with Crippen LogP contribution in [0.25, 0.3) is 0 Å². The van der Waals surface area contributed by atoms with Crippen LogP contribution in [0.5, 0.6) is 17.2 Å². The monoisotopic (exact) mass is 326 g/mol. The molecule has 126 valence electrons. The fraction of sp³-hybridized carbons (Fsp3) is 0.250. The van der Waals surface area contributed by atoms with Gasteiger partial charge in [0, 0.05) is 18.1 Å². The zero-order valence-corrected chi connectivity index (χ0v) is 14.0. The number of ketones is 1. The molecule has 0 unspecified atom stereocenters. The molecular formula is C20H22O4. The number of rotatable bonds is 2. The molecule has 0 radical (unpaired) electrons. The second kappa shape index (κ2) is 8.20. The summed E-state index contributed by atoms with van der Waals surface area (Å²) in [4.78, 5) is 11.8.